The van der Waals surface area contributed by atoms with Gasteiger partial charge >= 0.3 is 6.03 Å². The first kappa shape index (κ1) is 27.5. The van der Waals surface area contributed by atoms with E-state index in [1.165, 1.54) is 0 Å². The van der Waals surface area contributed by atoms with E-state index < -0.39 is 5.60 Å². The average Bonchev–Trinajstić information content (AvgIpc) is 2.96. The second-order valence-electron chi connectivity index (χ2n) is 14.2. The highest BCUT2D eigenvalue weighted by Gasteiger charge is 2.55. The lowest BCUT2D eigenvalue weighted by Gasteiger charge is -2.58. The van der Waals surface area contributed by atoms with Crippen LogP contribution < -0.4 is 20.0 Å². The number of pyridine rings is 1. The molecule has 0 radical (unpaired) electrons. The van der Waals surface area contributed by atoms with Gasteiger partial charge < -0.3 is 25.1 Å². The van der Waals surface area contributed by atoms with E-state index in [0.717, 1.165) is 86.6 Å². The molecule has 2 aromatic rings. The average molecular weight is 573 g/mol. The summed E-state index contributed by atoms with van der Waals surface area (Å²) in [6, 6.07) is 12.5. The Labute approximate surface area is 248 Å². The van der Waals surface area contributed by atoms with Gasteiger partial charge in [0, 0.05) is 45.1 Å². The molecule has 9 nitrogen and oxygen atoms in total. The van der Waals surface area contributed by atoms with Crippen molar-refractivity contribution < 1.29 is 14.7 Å². The first-order chi connectivity index (χ1) is 20.1. The van der Waals surface area contributed by atoms with E-state index in [-0.39, 0.29) is 17.7 Å². The number of hydrogen-bond acceptors (Lipinski definition) is 7. The van der Waals surface area contributed by atoms with Gasteiger partial charge in [-0.3, -0.25) is 4.90 Å². The van der Waals surface area contributed by atoms with Crippen molar-refractivity contribution in [3.8, 4) is 0 Å². The standard InChI is InChI=1S/C33H44N6O3/c1-32(2,3)42-36-25-10-12-37(13-11-25)26-8-9-29(34-21-26)38-14-15-39(28-7-5-4-6-27(28)38)31(40)35-30-23-16-22-17-24(30)20-33(41,18-22)19-23/h4-9,21-24,30,41H,10-20H2,1-3H3,(H,35,40). The van der Waals surface area contributed by atoms with Crippen LogP contribution in [0.25, 0.3) is 0 Å². The van der Waals surface area contributed by atoms with Crippen LogP contribution >= 0.6 is 0 Å². The van der Waals surface area contributed by atoms with Crippen LogP contribution in [0.1, 0.15) is 65.7 Å². The van der Waals surface area contributed by atoms with Gasteiger partial charge in [-0.05, 0) is 94.9 Å². The molecule has 9 heteroatoms. The Bertz CT molecular complexity index is 1330. The molecular formula is C33H44N6O3. The van der Waals surface area contributed by atoms with Gasteiger partial charge in [0.15, 0.2) is 0 Å². The summed E-state index contributed by atoms with van der Waals surface area (Å²) in [5.41, 5.74) is 3.37. The van der Waals surface area contributed by atoms with Crippen molar-refractivity contribution in [1.29, 1.82) is 0 Å². The maximum atomic E-state index is 13.7. The van der Waals surface area contributed by atoms with E-state index in [1.54, 1.807) is 0 Å². The number of piperidine rings is 1. The molecule has 42 heavy (non-hydrogen) atoms. The molecule has 0 spiro atoms. The van der Waals surface area contributed by atoms with E-state index in [2.05, 4.69) is 38.5 Å². The smallest absolute Gasteiger partial charge is 0.322 e. The Kier molecular flexibility index (Phi) is 6.83. The lowest BCUT2D eigenvalue weighted by Crippen LogP contribution is -2.63. The number of fused-ring (bicyclic) bond motifs is 1. The van der Waals surface area contributed by atoms with Crippen LogP contribution in [0.5, 0.6) is 0 Å². The Balaban J connectivity index is 1.02. The summed E-state index contributed by atoms with van der Waals surface area (Å²) in [4.78, 5) is 30.7. The summed E-state index contributed by atoms with van der Waals surface area (Å²) >= 11 is 0. The highest BCUT2D eigenvalue weighted by molar-refractivity contribution is 5.98. The third kappa shape index (κ3) is 5.32. The Morgan fingerprint density at radius 3 is 2.36 bits per heavy atom. The van der Waals surface area contributed by atoms with Crippen molar-refractivity contribution in [2.24, 2.45) is 22.9 Å². The monoisotopic (exact) mass is 572 g/mol. The molecule has 2 amide bonds. The normalized spacial score (nSPS) is 30.3. The molecule has 8 rings (SSSR count). The van der Waals surface area contributed by atoms with Crippen LogP contribution in [-0.4, -0.2) is 65.3 Å². The summed E-state index contributed by atoms with van der Waals surface area (Å²) in [5, 5.41) is 18.8. The number of carbonyl (C=O) groups excluding carboxylic acids is 1. The van der Waals surface area contributed by atoms with Crippen molar-refractivity contribution in [3.63, 3.8) is 0 Å². The lowest BCUT2D eigenvalue weighted by atomic mass is 9.52. The number of aliphatic hydroxyl groups is 1. The van der Waals surface area contributed by atoms with Gasteiger partial charge in [0.05, 0.1) is 34.6 Å². The molecule has 3 heterocycles. The topological polar surface area (TPSA) is 93.5 Å². The molecule has 2 unspecified atom stereocenters. The zero-order chi connectivity index (χ0) is 29.1. The van der Waals surface area contributed by atoms with Crippen LogP contribution in [0.4, 0.5) is 27.7 Å². The minimum Gasteiger partial charge on any atom is -0.390 e. The summed E-state index contributed by atoms with van der Waals surface area (Å²) in [6.45, 7) is 9.10. The lowest BCUT2D eigenvalue weighted by molar-refractivity contribution is -0.136. The second-order valence-corrected chi connectivity index (χ2v) is 14.2. The Morgan fingerprint density at radius 2 is 1.71 bits per heavy atom. The first-order valence-corrected chi connectivity index (χ1v) is 15.8. The number of nitrogens with zero attached hydrogens (tertiary/aromatic N) is 5. The molecule has 5 fully saturated rings. The number of hydrogen-bond donors (Lipinski definition) is 2. The number of oxime groups is 1. The SMILES string of the molecule is CC(C)(C)ON=C1CCN(c2ccc(N3CCN(C(=O)NC4C5CC6CC4CC(O)(C6)C5)c4ccccc43)nc2)CC1. The number of para-hydroxylation sites is 2. The zero-order valence-corrected chi connectivity index (χ0v) is 25.1. The number of urea groups is 1. The van der Waals surface area contributed by atoms with Crippen molar-refractivity contribution >= 4 is 34.6 Å². The largest absolute Gasteiger partial charge is 0.390 e. The van der Waals surface area contributed by atoms with Gasteiger partial charge in [-0.25, -0.2) is 9.78 Å². The minimum atomic E-state index is -0.495. The minimum absolute atomic E-state index is 0.0178. The van der Waals surface area contributed by atoms with Crippen molar-refractivity contribution in [1.82, 2.24) is 10.3 Å². The predicted molar refractivity (Wildman–Crippen MR) is 166 cm³/mol. The van der Waals surface area contributed by atoms with Gasteiger partial charge in [0.2, 0.25) is 0 Å². The van der Waals surface area contributed by atoms with Crippen molar-refractivity contribution in [2.45, 2.75) is 83.0 Å². The molecule has 1 saturated heterocycles. The van der Waals surface area contributed by atoms with Crippen molar-refractivity contribution in [2.75, 3.05) is 40.9 Å². The molecule has 6 aliphatic rings. The predicted octanol–water partition coefficient (Wildman–Crippen LogP) is 5.46. The molecule has 2 N–H and O–H groups in total. The van der Waals surface area contributed by atoms with Crippen molar-refractivity contribution in [3.05, 3.63) is 42.6 Å². The van der Waals surface area contributed by atoms with Gasteiger partial charge in [-0.15, -0.1) is 0 Å². The number of benzene rings is 1. The molecule has 1 aromatic heterocycles. The highest BCUT2D eigenvalue weighted by atomic mass is 16.6. The number of anilines is 4. The van der Waals surface area contributed by atoms with E-state index in [1.807, 2.05) is 50.1 Å². The van der Waals surface area contributed by atoms with Crippen LogP contribution in [0, 0.1) is 17.8 Å². The number of nitrogens with one attached hydrogen (secondary N) is 1. The maximum Gasteiger partial charge on any atom is 0.322 e. The quantitative estimate of drug-likeness (QED) is 0.473. The Morgan fingerprint density at radius 1 is 1.00 bits per heavy atom. The zero-order valence-electron chi connectivity index (χ0n) is 25.1. The number of carbonyl (C=O) groups is 1. The summed E-state index contributed by atoms with van der Waals surface area (Å²) < 4.78 is 0. The third-order valence-electron chi connectivity index (χ3n) is 9.95. The van der Waals surface area contributed by atoms with E-state index in [0.29, 0.717) is 30.8 Å². The highest BCUT2D eigenvalue weighted by Crippen LogP contribution is 2.55. The van der Waals surface area contributed by atoms with Gasteiger partial charge in [-0.1, -0.05) is 17.3 Å². The molecule has 4 bridgehead atoms. The molecule has 4 saturated carbocycles. The fourth-order valence-corrected chi connectivity index (χ4v) is 8.29. The van der Waals surface area contributed by atoms with Gasteiger partial charge in [0.1, 0.15) is 11.4 Å². The summed E-state index contributed by atoms with van der Waals surface area (Å²) in [5.74, 6) is 2.29. The first-order valence-electron chi connectivity index (χ1n) is 15.8. The molecule has 2 atom stereocenters. The summed E-state index contributed by atoms with van der Waals surface area (Å²) in [6.07, 6.45) is 8.61. The van der Waals surface area contributed by atoms with E-state index >= 15 is 0 Å². The molecule has 2 aliphatic heterocycles. The Hall–Kier alpha value is -3.33. The number of aromatic nitrogens is 1. The maximum absolute atomic E-state index is 13.7. The van der Waals surface area contributed by atoms with Gasteiger partial charge in [0.25, 0.3) is 0 Å². The molecule has 4 aliphatic carbocycles. The molecule has 1 aromatic carbocycles. The number of amides is 2. The third-order valence-corrected chi connectivity index (χ3v) is 9.95. The van der Waals surface area contributed by atoms with E-state index in [9.17, 15) is 9.90 Å². The molecule has 224 valence electrons. The van der Waals surface area contributed by atoms with Crippen LogP contribution in [0.3, 0.4) is 0 Å². The van der Waals surface area contributed by atoms with E-state index in [4.69, 9.17) is 9.82 Å². The number of rotatable bonds is 4. The van der Waals surface area contributed by atoms with Crippen LogP contribution in [0.15, 0.2) is 47.8 Å². The summed E-state index contributed by atoms with van der Waals surface area (Å²) in [7, 11) is 0. The second kappa shape index (κ2) is 10.4. The fraction of sp³-hybridized carbons (Fsp3) is 0.606. The molecular weight excluding hydrogens is 528 g/mol. The van der Waals surface area contributed by atoms with Gasteiger partial charge in [-0.2, -0.15) is 0 Å². The fourth-order valence-electron chi connectivity index (χ4n) is 8.29. The van der Waals surface area contributed by atoms with Crippen LogP contribution in [0.2, 0.25) is 0 Å². The van der Waals surface area contributed by atoms with Crippen LogP contribution in [-0.2, 0) is 4.84 Å².